The summed E-state index contributed by atoms with van der Waals surface area (Å²) in [5.41, 5.74) is 0.623. The molecule has 78 valence electrons. The zero-order valence-corrected chi connectivity index (χ0v) is 8.53. The van der Waals surface area contributed by atoms with Crippen molar-refractivity contribution in [2.45, 2.75) is 25.9 Å². The predicted molar refractivity (Wildman–Crippen MR) is 55.1 cm³/mol. The van der Waals surface area contributed by atoms with Crippen LogP contribution in [0.25, 0.3) is 0 Å². The molecule has 2 rings (SSSR count). The Hall–Kier alpha value is -1.64. The molecule has 1 aliphatic heterocycles. The van der Waals surface area contributed by atoms with Gasteiger partial charge in [-0.2, -0.15) is 0 Å². The van der Waals surface area contributed by atoms with Gasteiger partial charge in [-0.15, -0.1) is 0 Å². The third kappa shape index (κ3) is 2.06. The summed E-state index contributed by atoms with van der Waals surface area (Å²) in [7, 11) is 0. The monoisotopic (exact) mass is 204 g/mol. The summed E-state index contributed by atoms with van der Waals surface area (Å²) in [4.78, 5) is 22.6. The predicted octanol–water partition coefficient (Wildman–Crippen LogP) is 2.00. The average molecular weight is 204 g/mol. The average Bonchev–Trinajstić information content (AvgIpc) is 2.16. The van der Waals surface area contributed by atoms with Crippen LogP contribution in [0.2, 0.25) is 0 Å². The summed E-state index contributed by atoms with van der Waals surface area (Å²) in [5.74, 6) is 0.704. The molecule has 0 amide bonds. The van der Waals surface area contributed by atoms with E-state index in [0.717, 1.165) is 0 Å². The third-order valence-electron chi connectivity index (χ3n) is 2.41. The molecule has 0 bridgehead atoms. The lowest BCUT2D eigenvalue weighted by atomic mass is 9.98. The van der Waals surface area contributed by atoms with Gasteiger partial charge in [0.2, 0.25) is 0 Å². The van der Waals surface area contributed by atoms with E-state index < -0.39 is 0 Å². The molecule has 1 atom stereocenters. The summed E-state index contributed by atoms with van der Waals surface area (Å²) < 4.78 is 5.57. The van der Waals surface area contributed by atoms with Crippen molar-refractivity contribution in [3.63, 3.8) is 0 Å². The maximum absolute atomic E-state index is 11.7. The van der Waals surface area contributed by atoms with Crippen molar-refractivity contribution in [2.75, 3.05) is 0 Å². The first-order chi connectivity index (χ1) is 7.16. The number of ether oxygens (including phenoxy) is 1. The van der Waals surface area contributed by atoms with Crippen LogP contribution in [0.15, 0.2) is 24.3 Å². The smallest absolute Gasteiger partial charge is 0.170 e. The molecule has 0 aliphatic carbocycles. The first kappa shape index (κ1) is 9.90. The van der Waals surface area contributed by atoms with Crippen LogP contribution in [0.5, 0.6) is 5.75 Å². The van der Waals surface area contributed by atoms with Crippen LogP contribution in [0, 0.1) is 0 Å². The van der Waals surface area contributed by atoms with E-state index in [1.54, 1.807) is 12.1 Å². The van der Waals surface area contributed by atoms with Gasteiger partial charge in [0, 0.05) is 12.8 Å². The molecule has 3 nitrogen and oxygen atoms in total. The number of ketones is 2. The van der Waals surface area contributed by atoms with Gasteiger partial charge in [0.05, 0.1) is 5.56 Å². The highest BCUT2D eigenvalue weighted by atomic mass is 16.5. The fourth-order valence-corrected chi connectivity index (χ4v) is 1.77. The van der Waals surface area contributed by atoms with Crippen molar-refractivity contribution >= 4 is 11.6 Å². The molecule has 0 spiro atoms. The fraction of sp³-hybridized carbons (Fsp3) is 0.333. The van der Waals surface area contributed by atoms with Gasteiger partial charge in [0.1, 0.15) is 17.6 Å². The Morgan fingerprint density at radius 2 is 2.20 bits per heavy atom. The molecule has 0 saturated carbocycles. The van der Waals surface area contributed by atoms with Gasteiger partial charge in [-0.05, 0) is 19.1 Å². The summed E-state index contributed by atoms with van der Waals surface area (Å²) in [5, 5.41) is 0. The SMILES string of the molecule is CC(=O)CC1CC(=O)c2ccccc2O1. The molecule has 0 radical (unpaired) electrons. The van der Waals surface area contributed by atoms with Crippen LogP contribution in [0.3, 0.4) is 0 Å². The molecule has 0 fully saturated rings. The number of rotatable bonds is 2. The number of Topliss-reactive ketones (excluding diaryl/α,β-unsaturated/α-hetero) is 2. The van der Waals surface area contributed by atoms with Crippen LogP contribution in [0.1, 0.15) is 30.1 Å². The Morgan fingerprint density at radius 3 is 2.93 bits per heavy atom. The Labute approximate surface area is 88.1 Å². The second-order valence-corrected chi connectivity index (χ2v) is 3.77. The van der Waals surface area contributed by atoms with E-state index in [-0.39, 0.29) is 17.7 Å². The fourth-order valence-electron chi connectivity index (χ4n) is 1.77. The van der Waals surface area contributed by atoms with E-state index in [9.17, 15) is 9.59 Å². The molecule has 1 heterocycles. The number of carbonyl (C=O) groups is 2. The number of para-hydroxylation sites is 1. The van der Waals surface area contributed by atoms with Gasteiger partial charge < -0.3 is 4.74 Å². The number of hydrogen-bond donors (Lipinski definition) is 0. The van der Waals surface area contributed by atoms with Gasteiger partial charge in [-0.25, -0.2) is 0 Å². The Bertz CT molecular complexity index is 409. The molecule has 3 heteroatoms. The van der Waals surface area contributed by atoms with Gasteiger partial charge in [-0.3, -0.25) is 9.59 Å². The van der Waals surface area contributed by atoms with Crippen LogP contribution in [-0.2, 0) is 4.79 Å². The van der Waals surface area contributed by atoms with E-state index in [2.05, 4.69) is 0 Å². The quantitative estimate of drug-likeness (QED) is 0.740. The number of benzene rings is 1. The van der Waals surface area contributed by atoms with Crippen molar-refractivity contribution in [2.24, 2.45) is 0 Å². The number of carbonyl (C=O) groups excluding carboxylic acids is 2. The lowest BCUT2D eigenvalue weighted by molar-refractivity contribution is -0.118. The topological polar surface area (TPSA) is 43.4 Å². The summed E-state index contributed by atoms with van der Waals surface area (Å²) >= 11 is 0. The Kier molecular flexibility index (Phi) is 2.54. The molecule has 0 N–H and O–H groups in total. The zero-order valence-electron chi connectivity index (χ0n) is 8.53. The highest BCUT2D eigenvalue weighted by molar-refractivity contribution is 6.00. The second kappa shape index (κ2) is 3.85. The molecule has 1 aliphatic rings. The van der Waals surface area contributed by atoms with Gasteiger partial charge >= 0.3 is 0 Å². The van der Waals surface area contributed by atoms with Crippen molar-refractivity contribution in [3.05, 3.63) is 29.8 Å². The number of hydrogen-bond acceptors (Lipinski definition) is 3. The first-order valence-corrected chi connectivity index (χ1v) is 4.95. The highest BCUT2D eigenvalue weighted by Crippen LogP contribution is 2.28. The molecular weight excluding hydrogens is 192 g/mol. The minimum atomic E-state index is -0.287. The second-order valence-electron chi connectivity index (χ2n) is 3.77. The summed E-state index contributed by atoms with van der Waals surface area (Å²) in [6.07, 6.45) is 0.321. The Morgan fingerprint density at radius 1 is 1.47 bits per heavy atom. The maximum atomic E-state index is 11.7. The van der Waals surface area contributed by atoms with E-state index in [1.807, 2.05) is 12.1 Å². The van der Waals surface area contributed by atoms with Crippen molar-refractivity contribution in [1.29, 1.82) is 0 Å². The molecule has 0 aromatic heterocycles. The summed E-state index contributed by atoms with van der Waals surface area (Å²) in [6.45, 7) is 1.51. The molecule has 0 saturated heterocycles. The van der Waals surface area contributed by atoms with Crippen LogP contribution < -0.4 is 4.74 Å². The third-order valence-corrected chi connectivity index (χ3v) is 2.41. The minimum Gasteiger partial charge on any atom is -0.489 e. The van der Waals surface area contributed by atoms with Crippen molar-refractivity contribution in [1.82, 2.24) is 0 Å². The molecule has 1 aromatic carbocycles. The lowest BCUT2D eigenvalue weighted by Gasteiger charge is -2.24. The molecular formula is C12H12O3. The first-order valence-electron chi connectivity index (χ1n) is 4.95. The van der Waals surface area contributed by atoms with Crippen LogP contribution >= 0.6 is 0 Å². The van der Waals surface area contributed by atoms with Crippen molar-refractivity contribution in [3.8, 4) is 5.75 Å². The standard InChI is InChI=1S/C12H12O3/c1-8(13)6-9-7-11(14)10-4-2-3-5-12(10)15-9/h2-5,9H,6-7H2,1H3. The van der Waals surface area contributed by atoms with E-state index in [4.69, 9.17) is 4.74 Å². The van der Waals surface area contributed by atoms with Gasteiger partial charge in [0.25, 0.3) is 0 Å². The zero-order chi connectivity index (χ0) is 10.8. The van der Waals surface area contributed by atoms with Crippen molar-refractivity contribution < 1.29 is 14.3 Å². The minimum absolute atomic E-state index is 0.0483. The van der Waals surface area contributed by atoms with Crippen LogP contribution in [-0.4, -0.2) is 17.7 Å². The maximum Gasteiger partial charge on any atom is 0.170 e. The molecule has 1 aromatic rings. The molecule has 15 heavy (non-hydrogen) atoms. The number of fused-ring (bicyclic) bond motifs is 1. The Balaban J connectivity index is 2.23. The van der Waals surface area contributed by atoms with Gasteiger partial charge in [-0.1, -0.05) is 12.1 Å². The van der Waals surface area contributed by atoms with E-state index in [0.29, 0.717) is 24.2 Å². The van der Waals surface area contributed by atoms with Crippen LogP contribution in [0.4, 0.5) is 0 Å². The largest absolute Gasteiger partial charge is 0.489 e. The highest BCUT2D eigenvalue weighted by Gasteiger charge is 2.26. The molecule has 1 unspecified atom stereocenters. The van der Waals surface area contributed by atoms with E-state index in [1.165, 1.54) is 6.92 Å². The lowest BCUT2D eigenvalue weighted by Crippen LogP contribution is -2.28. The normalized spacial score (nSPS) is 19.3. The van der Waals surface area contributed by atoms with E-state index >= 15 is 0 Å². The summed E-state index contributed by atoms with van der Waals surface area (Å²) in [6, 6.07) is 7.15. The van der Waals surface area contributed by atoms with Gasteiger partial charge in [0.15, 0.2) is 5.78 Å².